The maximum Gasteiger partial charge on any atom is 0.239 e. The largest absolute Gasteiger partial charge is 0.310 e. The van der Waals surface area contributed by atoms with E-state index < -0.39 is 0 Å². The fourth-order valence-electron chi connectivity index (χ4n) is 2.32. The maximum atomic E-state index is 12.1. The summed E-state index contributed by atoms with van der Waals surface area (Å²) < 4.78 is 3.72. The minimum Gasteiger partial charge on any atom is -0.310 e. The van der Waals surface area contributed by atoms with Crippen molar-refractivity contribution < 1.29 is 4.79 Å². The van der Waals surface area contributed by atoms with Gasteiger partial charge in [-0.1, -0.05) is 6.92 Å². The second-order valence-corrected chi connectivity index (χ2v) is 5.90. The van der Waals surface area contributed by atoms with Crippen LogP contribution in [0, 0.1) is 6.92 Å². The van der Waals surface area contributed by atoms with Crippen LogP contribution < -0.4 is 10.6 Å². The number of aromatic nitrogens is 4. The fourth-order valence-corrected chi connectivity index (χ4v) is 2.32. The van der Waals surface area contributed by atoms with E-state index in [-0.39, 0.29) is 24.5 Å². The Balaban J connectivity index is 1.82. The van der Waals surface area contributed by atoms with E-state index in [9.17, 15) is 4.79 Å². The van der Waals surface area contributed by atoms with Crippen LogP contribution >= 0.6 is 0 Å². The molecule has 1 amide bonds. The molecule has 2 aromatic rings. The van der Waals surface area contributed by atoms with Crippen LogP contribution in [0.4, 0.5) is 5.82 Å². The molecule has 0 spiro atoms. The van der Waals surface area contributed by atoms with Crippen molar-refractivity contribution in [1.82, 2.24) is 24.9 Å². The minimum atomic E-state index is -0.0708. The van der Waals surface area contributed by atoms with Crippen LogP contribution in [0.15, 0.2) is 24.7 Å². The van der Waals surface area contributed by atoms with Gasteiger partial charge in [-0.05, 0) is 32.8 Å². The Hall–Kier alpha value is -2.15. The number of amides is 1. The highest BCUT2D eigenvalue weighted by Gasteiger charge is 2.16. The zero-order valence-corrected chi connectivity index (χ0v) is 14.3. The quantitative estimate of drug-likeness (QED) is 0.780. The van der Waals surface area contributed by atoms with Crippen molar-refractivity contribution in [1.29, 1.82) is 0 Å². The lowest BCUT2D eigenvalue weighted by molar-refractivity contribution is -0.115. The summed E-state index contributed by atoms with van der Waals surface area (Å²) in [6.07, 6.45) is 6.51. The second-order valence-electron chi connectivity index (χ2n) is 5.90. The molecule has 2 N–H and O–H groups in total. The van der Waals surface area contributed by atoms with Crippen molar-refractivity contribution in [3.8, 4) is 0 Å². The third-order valence-electron chi connectivity index (χ3n) is 3.88. The number of carbonyl (C=O) groups excluding carboxylic acids is 1. The van der Waals surface area contributed by atoms with Gasteiger partial charge in [0.05, 0.1) is 25.0 Å². The van der Waals surface area contributed by atoms with E-state index in [1.807, 2.05) is 30.1 Å². The number of carbonyl (C=O) groups is 1. The Morgan fingerprint density at radius 3 is 2.78 bits per heavy atom. The predicted octanol–water partition coefficient (Wildman–Crippen LogP) is 1.98. The van der Waals surface area contributed by atoms with Gasteiger partial charge in [0.15, 0.2) is 0 Å². The van der Waals surface area contributed by atoms with Crippen LogP contribution in [0.1, 0.15) is 38.8 Å². The van der Waals surface area contributed by atoms with E-state index in [0.717, 1.165) is 24.3 Å². The number of hydrogen-bond acceptors (Lipinski definition) is 4. The van der Waals surface area contributed by atoms with E-state index in [4.69, 9.17) is 0 Å². The van der Waals surface area contributed by atoms with Gasteiger partial charge in [0, 0.05) is 24.8 Å². The minimum absolute atomic E-state index is 0.0708. The van der Waals surface area contributed by atoms with Gasteiger partial charge in [-0.25, -0.2) is 4.68 Å². The molecule has 7 nitrogen and oxygen atoms in total. The van der Waals surface area contributed by atoms with Crippen molar-refractivity contribution in [3.63, 3.8) is 0 Å². The van der Waals surface area contributed by atoms with Crippen molar-refractivity contribution in [2.24, 2.45) is 0 Å². The number of hydrogen-bond donors (Lipinski definition) is 2. The molecule has 2 atom stereocenters. The Bertz CT molecular complexity index is 632. The Labute approximate surface area is 137 Å². The van der Waals surface area contributed by atoms with Gasteiger partial charge in [0.25, 0.3) is 0 Å². The Morgan fingerprint density at radius 1 is 1.35 bits per heavy atom. The molecule has 7 heteroatoms. The normalized spacial score (nSPS) is 13.7. The van der Waals surface area contributed by atoms with E-state index in [2.05, 4.69) is 41.6 Å². The molecule has 0 aliphatic rings. The molecule has 0 saturated carbocycles. The number of nitrogens with zero attached hydrogens (tertiary/aromatic N) is 4. The van der Waals surface area contributed by atoms with Crippen LogP contribution in [0.2, 0.25) is 0 Å². The highest BCUT2D eigenvalue weighted by Crippen LogP contribution is 2.11. The molecule has 0 bridgehead atoms. The lowest BCUT2D eigenvalue weighted by Crippen LogP contribution is -2.39. The fraction of sp³-hybridized carbons (Fsp3) is 0.562. The first-order valence-electron chi connectivity index (χ1n) is 8.07. The lowest BCUT2D eigenvalue weighted by atomic mass is 10.2. The molecule has 23 heavy (non-hydrogen) atoms. The second kappa shape index (κ2) is 7.92. The first kappa shape index (κ1) is 17.2. The molecule has 0 fully saturated rings. The van der Waals surface area contributed by atoms with Gasteiger partial charge < -0.3 is 10.6 Å². The third-order valence-corrected chi connectivity index (χ3v) is 3.88. The standard InChI is InChI=1S/C16H26N6O/c1-5-8-21-15(6-7-18-21)20-16(23)10-17-13(3)14(4)22-11-12(2)9-19-22/h6-7,9,11,13-14,17H,5,8,10H2,1-4H3,(H,20,23)/t13-,14-/m0/s1. The summed E-state index contributed by atoms with van der Waals surface area (Å²) >= 11 is 0. The van der Waals surface area contributed by atoms with Gasteiger partial charge in [0.1, 0.15) is 5.82 Å². The average molecular weight is 318 g/mol. The predicted molar refractivity (Wildman–Crippen MR) is 90.3 cm³/mol. The summed E-state index contributed by atoms with van der Waals surface area (Å²) in [5, 5.41) is 14.7. The molecule has 0 aliphatic heterocycles. The van der Waals surface area contributed by atoms with Crippen molar-refractivity contribution in [2.45, 2.75) is 52.7 Å². The molecule has 0 unspecified atom stereocenters. The molecule has 0 aromatic carbocycles. The Kier molecular flexibility index (Phi) is 5.92. The number of aryl methyl sites for hydroxylation is 2. The van der Waals surface area contributed by atoms with Crippen LogP contribution in [-0.2, 0) is 11.3 Å². The van der Waals surface area contributed by atoms with Crippen LogP contribution in [0.5, 0.6) is 0 Å². The highest BCUT2D eigenvalue weighted by molar-refractivity contribution is 5.91. The number of anilines is 1. The van der Waals surface area contributed by atoms with Gasteiger partial charge in [0.2, 0.25) is 5.91 Å². The maximum absolute atomic E-state index is 12.1. The average Bonchev–Trinajstić information content (AvgIpc) is 3.14. The number of rotatable bonds is 8. The van der Waals surface area contributed by atoms with E-state index in [1.165, 1.54) is 0 Å². The van der Waals surface area contributed by atoms with Gasteiger partial charge in [-0.15, -0.1) is 0 Å². The molecule has 0 aliphatic carbocycles. The first-order valence-corrected chi connectivity index (χ1v) is 8.07. The summed E-state index contributed by atoms with van der Waals surface area (Å²) in [6.45, 7) is 9.27. The van der Waals surface area contributed by atoms with Gasteiger partial charge in [-0.2, -0.15) is 10.2 Å². The van der Waals surface area contributed by atoms with Crippen molar-refractivity contribution in [2.75, 3.05) is 11.9 Å². The smallest absolute Gasteiger partial charge is 0.239 e. The summed E-state index contributed by atoms with van der Waals surface area (Å²) in [4.78, 5) is 12.1. The topological polar surface area (TPSA) is 76.8 Å². The zero-order chi connectivity index (χ0) is 16.8. The molecule has 0 radical (unpaired) electrons. The molecule has 0 saturated heterocycles. The van der Waals surface area contributed by atoms with Crippen molar-refractivity contribution >= 4 is 11.7 Å². The molecule has 2 rings (SSSR count). The number of nitrogens with one attached hydrogen (secondary N) is 2. The highest BCUT2D eigenvalue weighted by atomic mass is 16.2. The van der Waals surface area contributed by atoms with E-state index in [0.29, 0.717) is 0 Å². The summed E-state index contributed by atoms with van der Waals surface area (Å²) in [5.41, 5.74) is 1.13. The zero-order valence-electron chi connectivity index (χ0n) is 14.3. The van der Waals surface area contributed by atoms with E-state index >= 15 is 0 Å². The molecular formula is C16H26N6O. The van der Waals surface area contributed by atoms with E-state index in [1.54, 1.807) is 10.9 Å². The van der Waals surface area contributed by atoms with Crippen LogP contribution in [-0.4, -0.2) is 38.1 Å². The SMILES string of the molecule is CCCn1nccc1NC(=O)CN[C@@H](C)[C@H](C)n1cc(C)cn1. The first-order chi connectivity index (χ1) is 11.0. The molecule has 2 aromatic heterocycles. The molecule has 126 valence electrons. The molecule has 2 heterocycles. The lowest BCUT2D eigenvalue weighted by Gasteiger charge is -2.21. The summed E-state index contributed by atoms with van der Waals surface area (Å²) in [5.74, 6) is 0.667. The third kappa shape index (κ3) is 4.66. The van der Waals surface area contributed by atoms with Crippen molar-refractivity contribution in [3.05, 3.63) is 30.2 Å². The summed E-state index contributed by atoms with van der Waals surface area (Å²) in [7, 11) is 0. The van der Waals surface area contributed by atoms with Gasteiger partial charge >= 0.3 is 0 Å². The monoisotopic (exact) mass is 318 g/mol. The Morgan fingerprint density at radius 2 is 2.13 bits per heavy atom. The van der Waals surface area contributed by atoms with Gasteiger partial charge in [-0.3, -0.25) is 9.48 Å². The van der Waals surface area contributed by atoms with Crippen LogP contribution in [0.3, 0.4) is 0 Å². The molecular weight excluding hydrogens is 292 g/mol. The van der Waals surface area contributed by atoms with Crippen LogP contribution in [0.25, 0.3) is 0 Å². The summed E-state index contributed by atoms with van der Waals surface area (Å²) in [6, 6.07) is 2.11.